The minimum Gasteiger partial charge on any atom is -0.495 e. The maximum absolute atomic E-state index is 12.9. The minimum atomic E-state index is -0.703. The van der Waals surface area contributed by atoms with Gasteiger partial charge in [0, 0.05) is 17.8 Å². The van der Waals surface area contributed by atoms with Crippen LogP contribution >= 0.6 is 11.3 Å². The number of nitrogens with zero attached hydrogens (tertiary/aromatic N) is 1. The third kappa shape index (κ3) is 6.31. The first kappa shape index (κ1) is 23.3. The summed E-state index contributed by atoms with van der Waals surface area (Å²) in [5.41, 5.74) is 1.97. The molecule has 3 N–H and O–H groups in total. The first-order valence-electron chi connectivity index (χ1n) is 10.5. The van der Waals surface area contributed by atoms with Gasteiger partial charge < -0.3 is 20.7 Å². The molecule has 0 saturated heterocycles. The fourth-order valence-corrected chi connectivity index (χ4v) is 3.74. The lowest BCUT2D eigenvalue weighted by molar-refractivity contribution is -0.123. The van der Waals surface area contributed by atoms with Crippen LogP contribution in [0, 0.1) is 0 Å². The van der Waals surface area contributed by atoms with Gasteiger partial charge in [-0.25, -0.2) is 4.98 Å². The van der Waals surface area contributed by atoms with Crippen molar-refractivity contribution >= 4 is 34.0 Å². The van der Waals surface area contributed by atoms with Gasteiger partial charge in [0.25, 0.3) is 5.91 Å². The molecule has 168 valence electrons. The summed E-state index contributed by atoms with van der Waals surface area (Å²) in [6.07, 6.45) is 1.20. The van der Waals surface area contributed by atoms with Crippen LogP contribution in [0.25, 0.3) is 0 Å². The minimum absolute atomic E-state index is 0.0219. The molecule has 7 nitrogen and oxygen atoms in total. The highest BCUT2D eigenvalue weighted by Crippen LogP contribution is 2.28. The Labute approximate surface area is 192 Å². The van der Waals surface area contributed by atoms with Crippen LogP contribution in [0.3, 0.4) is 0 Å². The molecule has 2 amide bonds. The number of thiazole rings is 1. The van der Waals surface area contributed by atoms with E-state index in [2.05, 4.69) is 20.9 Å². The van der Waals surface area contributed by atoms with Crippen molar-refractivity contribution < 1.29 is 14.3 Å². The van der Waals surface area contributed by atoms with E-state index in [1.807, 2.05) is 68.4 Å². The van der Waals surface area contributed by atoms with E-state index >= 15 is 0 Å². The number of para-hydroxylation sites is 2. The highest BCUT2D eigenvalue weighted by atomic mass is 32.1. The number of methoxy groups -OCH3 is 1. The van der Waals surface area contributed by atoms with Crippen molar-refractivity contribution in [3.05, 3.63) is 71.2 Å². The molecule has 0 radical (unpaired) electrons. The van der Waals surface area contributed by atoms with Gasteiger partial charge in [-0.15, -0.1) is 11.3 Å². The van der Waals surface area contributed by atoms with Crippen molar-refractivity contribution in [1.29, 1.82) is 0 Å². The summed E-state index contributed by atoms with van der Waals surface area (Å²) in [7, 11) is 1.60. The monoisotopic (exact) mass is 452 g/mol. The van der Waals surface area contributed by atoms with Crippen molar-refractivity contribution in [3.8, 4) is 5.75 Å². The maximum Gasteiger partial charge on any atom is 0.271 e. The summed E-state index contributed by atoms with van der Waals surface area (Å²) >= 11 is 1.31. The second-order valence-electron chi connectivity index (χ2n) is 7.40. The number of amides is 2. The Morgan fingerprint density at radius 1 is 1.06 bits per heavy atom. The van der Waals surface area contributed by atoms with Gasteiger partial charge in [0.2, 0.25) is 5.91 Å². The summed E-state index contributed by atoms with van der Waals surface area (Å²) < 4.78 is 5.34. The molecular formula is C24H28N4O3S. The third-order valence-electron chi connectivity index (χ3n) is 4.99. The molecule has 0 spiro atoms. The number of carbonyl (C=O) groups is 2. The van der Waals surface area contributed by atoms with Crippen LogP contribution in [0.1, 0.15) is 36.3 Å². The van der Waals surface area contributed by atoms with Crippen molar-refractivity contribution in [2.45, 2.75) is 38.8 Å². The summed E-state index contributed by atoms with van der Waals surface area (Å²) in [6, 6.07) is 16.4. The summed E-state index contributed by atoms with van der Waals surface area (Å²) in [5.74, 6) is 0.0760. The molecule has 3 rings (SSSR count). The van der Waals surface area contributed by atoms with Crippen molar-refractivity contribution in [1.82, 2.24) is 15.6 Å². The number of hydrogen-bond donors (Lipinski definition) is 3. The van der Waals surface area contributed by atoms with Gasteiger partial charge in [-0.1, -0.05) is 49.4 Å². The fourth-order valence-electron chi connectivity index (χ4n) is 3.04. The fraction of sp³-hybridized carbons (Fsp3) is 0.292. The van der Waals surface area contributed by atoms with E-state index in [1.54, 1.807) is 12.5 Å². The normalized spacial score (nSPS) is 12.5. The second-order valence-corrected chi connectivity index (χ2v) is 8.25. The quantitative estimate of drug-likeness (QED) is 0.430. The molecule has 0 saturated carbocycles. The molecule has 0 bridgehead atoms. The molecule has 3 aromatic rings. The molecule has 1 aromatic heterocycles. The molecule has 32 heavy (non-hydrogen) atoms. The predicted octanol–water partition coefficient (Wildman–Crippen LogP) is 4.15. The maximum atomic E-state index is 12.9. The van der Waals surface area contributed by atoms with Crippen LogP contribution in [-0.4, -0.2) is 36.0 Å². The Morgan fingerprint density at radius 3 is 2.50 bits per heavy atom. The van der Waals surface area contributed by atoms with Gasteiger partial charge in [-0.05, 0) is 31.0 Å². The molecule has 0 aliphatic rings. The number of nitrogens with one attached hydrogen (secondary N) is 3. The van der Waals surface area contributed by atoms with E-state index in [4.69, 9.17) is 4.74 Å². The first-order valence-corrected chi connectivity index (χ1v) is 11.4. The zero-order valence-corrected chi connectivity index (χ0v) is 19.2. The lowest BCUT2D eigenvalue weighted by Crippen LogP contribution is -2.50. The van der Waals surface area contributed by atoms with Crippen molar-refractivity contribution in [2.75, 3.05) is 12.4 Å². The Balaban J connectivity index is 1.72. The lowest BCUT2D eigenvalue weighted by Gasteiger charge is -2.20. The lowest BCUT2D eigenvalue weighted by atomic mass is 10.0. The van der Waals surface area contributed by atoms with Crippen LogP contribution in [-0.2, 0) is 11.2 Å². The molecule has 0 aliphatic heterocycles. The molecule has 8 heteroatoms. The number of rotatable bonds is 10. The third-order valence-corrected chi connectivity index (χ3v) is 5.75. The Hall–Kier alpha value is -3.39. The van der Waals surface area contributed by atoms with Gasteiger partial charge in [0.1, 0.15) is 17.5 Å². The van der Waals surface area contributed by atoms with E-state index in [9.17, 15) is 9.59 Å². The predicted molar refractivity (Wildman–Crippen MR) is 128 cm³/mol. The number of ether oxygens (including phenoxy) is 1. The van der Waals surface area contributed by atoms with Gasteiger partial charge in [0.05, 0.1) is 12.8 Å². The zero-order chi connectivity index (χ0) is 22.9. The zero-order valence-electron chi connectivity index (χ0n) is 18.4. The van der Waals surface area contributed by atoms with Gasteiger partial charge >= 0.3 is 0 Å². The van der Waals surface area contributed by atoms with E-state index in [1.165, 1.54) is 11.3 Å². The number of anilines is 2. The molecule has 2 aromatic carbocycles. The standard InChI is InChI=1S/C24H28N4O3S/c1-4-16(2)25-22(29)19(14-17-10-6-5-7-11-17)26-23(30)20-15-32-24(28-20)27-18-12-8-9-13-21(18)31-3/h5-13,15-16,19H,4,14H2,1-3H3,(H,25,29)(H,26,30)(H,27,28)/t16-,19+/m1/s1. The average Bonchev–Trinajstić information content (AvgIpc) is 3.28. The van der Waals surface area contributed by atoms with Gasteiger partial charge in [-0.2, -0.15) is 0 Å². The second kappa shape index (κ2) is 11.3. The molecule has 0 aliphatic carbocycles. The van der Waals surface area contributed by atoms with Crippen LogP contribution in [0.4, 0.5) is 10.8 Å². The molecule has 2 atom stereocenters. The van der Waals surface area contributed by atoms with E-state index < -0.39 is 11.9 Å². The molecule has 0 fully saturated rings. The van der Waals surface area contributed by atoms with E-state index in [0.717, 1.165) is 17.7 Å². The van der Waals surface area contributed by atoms with E-state index in [-0.39, 0.29) is 17.6 Å². The highest BCUT2D eigenvalue weighted by molar-refractivity contribution is 7.14. The van der Waals surface area contributed by atoms with E-state index in [0.29, 0.717) is 17.3 Å². The average molecular weight is 453 g/mol. The highest BCUT2D eigenvalue weighted by Gasteiger charge is 2.24. The van der Waals surface area contributed by atoms with Gasteiger partial charge in [0.15, 0.2) is 5.13 Å². The smallest absolute Gasteiger partial charge is 0.271 e. The summed E-state index contributed by atoms with van der Waals surface area (Å²) in [4.78, 5) is 30.1. The van der Waals surface area contributed by atoms with Crippen LogP contribution in [0.2, 0.25) is 0 Å². The summed E-state index contributed by atoms with van der Waals surface area (Å²) in [5, 5.41) is 11.2. The Morgan fingerprint density at radius 2 is 1.78 bits per heavy atom. The van der Waals surface area contributed by atoms with Crippen LogP contribution in [0.5, 0.6) is 5.75 Å². The van der Waals surface area contributed by atoms with Crippen LogP contribution < -0.4 is 20.7 Å². The van der Waals surface area contributed by atoms with Crippen LogP contribution in [0.15, 0.2) is 60.0 Å². The Bertz CT molecular complexity index is 1040. The topological polar surface area (TPSA) is 92.4 Å². The molecular weight excluding hydrogens is 424 g/mol. The van der Waals surface area contributed by atoms with Gasteiger partial charge in [-0.3, -0.25) is 9.59 Å². The number of benzene rings is 2. The molecule has 1 heterocycles. The number of carbonyl (C=O) groups excluding carboxylic acids is 2. The SMILES string of the molecule is CC[C@@H](C)NC(=O)[C@H](Cc1ccccc1)NC(=O)c1csc(Nc2ccccc2OC)n1. The Kier molecular flexibility index (Phi) is 8.21. The number of aromatic nitrogens is 1. The van der Waals surface area contributed by atoms with Crippen molar-refractivity contribution in [3.63, 3.8) is 0 Å². The summed E-state index contributed by atoms with van der Waals surface area (Å²) in [6.45, 7) is 3.94. The first-order chi connectivity index (χ1) is 15.5. The largest absolute Gasteiger partial charge is 0.495 e. The number of hydrogen-bond acceptors (Lipinski definition) is 6. The van der Waals surface area contributed by atoms with Crippen molar-refractivity contribution in [2.24, 2.45) is 0 Å². The molecule has 0 unspecified atom stereocenters.